The average Bonchev–Trinajstić information content (AvgIpc) is 2.54. The fourth-order valence-electron chi connectivity index (χ4n) is 1.91. The number of rotatable bonds is 5. The van der Waals surface area contributed by atoms with Crippen LogP contribution in [0.4, 0.5) is 5.69 Å². The zero-order valence-corrected chi connectivity index (χ0v) is 11.6. The van der Waals surface area contributed by atoms with E-state index >= 15 is 0 Å². The minimum atomic E-state index is -0.195. The molecule has 0 heterocycles. The molecule has 0 bridgehead atoms. The smallest absolute Gasteiger partial charge is 0.240 e. The second-order valence-electron chi connectivity index (χ2n) is 4.15. The first-order chi connectivity index (χ1) is 10.2. The lowest BCUT2D eigenvalue weighted by molar-refractivity contribution is 0.103. The normalized spacial score (nSPS) is 9.62. The molecule has 0 N–H and O–H groups in total. The third kappa shape index (κ3) is 3.16. The van der Waals surface area contributed by atoms with Crippen molar-refractivity contribution in [1.29, 1.82) is 0 Å². The first-order valence-electron chi connectivity index (χ1n) is 6.14. The van der Waals surface area contributed by atoms with Gasteiger partial charge in [-0.15, -0.1) is 0 Å². The number of hydrogen-bond donors (Lipinski definition) is 0. The molecule has 0 saturated carbocycles. The van der Waals surface area contributed by atoms with E-state index in [4.69, 9.17) is 9.47 Å². The molecule has 0 aliphatic rings. The number of ether oxygens (including phenoxy) is 2. The Labute approximate surface area is 121 Å². The van der Waals surface area contributed by atoms with Crippen molar-refractivity contribution in [3.63, 3.8) is 0 Å². The molecule has 0 amide bonds. The number of benzene rings is 2. The summed E-state index contributed by atoms with van der Waals surface area (Å²) in [5, 5.41) is 0. The third-order valence-electron chi connectivity index (χ3n) is 2.93. The van der Waals surface area contributed by atoms with Crippen molar-refractivity contribution in [2.45, 2.75) is 0 Å². The maximum atomic E-state index is 12.4. The maximum absolute atomic E-state index is 12.4. The van der Waals surface area contributed by atoms with E-state index in [9.17, 15) is 9.59 Å². The average molecular weight is 283 g/mol. The van der Waals surface area contributed by atoms with Crippen molar-refractivity contribution in [2.75, 3.05) is 14.2 Å². The zero-order chi connectivity index (χ0) is 15.2. The molecule has 2 aromatic rings. The standard InChI is InChI=1S/C16H13NO4/c1-20-14-7-6-12(9-15(14)21-2)16(19)11-4-3-5-13(8-11)17-10-18/h3-9H,1-2H3. The van der Waals surface area contributed by atoms with Crippen LogP contribution in [0.3, 0.4) is 0 Å². The predicted molar refractivity (Wildman–Crippen MR) is 77.2 cm³/mol. The van der Waals surface area contributed by atoms with Crippen molar-refractivity contribution in [3.8, 4) is 11.5 Å². The Hall–Kier alpha value is -2.91. The molecule has 106 valence electrons. The Kier molecular flexibility index (Phi) is 4.49. The molecule has 0 saturated heterocycles. The van der Waals surface area contributed by atoms with Gasteiger partial charge in [-0.3, -0.25) is 4.79 Å². The maximum Gasteiger partial charge on any atom is 0.240 e. The SMILES string of the molecule is COc1ccc(C(=O)c2cccc(N=C=O)c2)cc1OC. The highest BCUT2D eigenvalue weighted by Crippen LogP contribution is 2.28. The number of isocyanates is 1. The van der Waals surface area contributed by atoms with Gasteiger partial charge in [0.2, 0.25) is 6.08 Å². The van der Waals surface area contributed by atoms with Crippen LogP contribution in [0, 0.1) is 0 Å². The summed E-state index contributed by atoms with van der Waals surface area (Å²) in [7, 11) is 3.03. The van der Waals surface area contributed by atoms with Gasteiger partial charge in [0.25, 0.3) is 0 Å². The summed E-state index contributed by atoms with van der Waals surface area (Å²) in [5.74, 6) is 0.831. The van der Waals surface area contributed by atoms with E-state index in [1.54, 1.807) is 36.4 Å². The van der Waals surface area contributed by atoms with Crippen LogP contribution >= 0.6 is 0 Å². The largest absolute Gasteiger partial charge is 0.493 e. The number of carbonyl (C=O) groups excluding carboxylic acids is 2. The number of aliphatic imine (C=N–C) groups is 1. The van der Waals surface area contributed by atoms with Crippen LogP contribution < -0.4 is 9.47 Å². The fourth-order valence-corrected chi connectivity index (χ4v) is 1.91. The number of hydrogen-bond acceptors (Lipinski definition) is 5. The lowest BCUT2D eigenvalue weighted by Gasteiger charge is -2.09. The molecule has 0 radical (unpaired) electrons. The summed E-state index contributed by atoms with van der Waals surface area (Å²) in [4.78, 5) is 26.2. The molecule has 0 aliphatic carbocycles. The van der Waals surface area contributed by atoms with Crippen LogP contribution in [-0.2, 0) is 4.79 Å². The number of nitrogens with zero attached hydrogens (tertiary/aromatic N) is 1. The first-order valence-corrected chi connectivity index (χ1v) is 6.14. The summed E-state index contributed by atoms with van der Waals surface area (Å²) < 4.78 is 10.3. The number of ketones is 1. The van der Waals surface area contributed by atoms with Crippen molar-refractivity contribution < 1.29 is 19.1 Å². The lowest BCUT2D eigenvalue weighted by Crippen LogP contribution is -2.02. The molecule has 0 aliphatic heterocycles. The molecule has 0 unspecified atom stereocenters. The molecular formula is C16H13NO4. The third-order valence-corrected chi connectivity index (χ3v) is 2.93. The summed E-state index contributed by atoms with van der Waals surface area (Å²) >= 11 is 0. The minimum absolute atomic E-state index is 0.195. The van der Waals surface area contributed by atoms with Crippen LogP contribution in [0.2, 0.25) is 0 Å². The molecule has 5 nitrogen and oxygen atoms in total. The second kappa shape index (κ2) is 6.50. The molecule has 21 heavy (non-hydrogen) atoms. The van der Waals surface area contributed by atoms with E-state index in [1.165, 1.54) is 26.4 Å². The van der Waals surface area contributed by atoms with Crippen LogP contribution in [0.15, 0.2) is 47.5 Å². The second-order valence-corrected chi connectivity index (χ2v) is 4.15. The quantitative estimate of drug-likeness (QED) is 0.481. The van der Waals surface area contributed by atoms with E-state index in [-0.39, 0.29) is 5.78 Å². The number of carbonyl (C=O) groups is 1. The molecule has 0 aromatic heterocycles. The highest BCUT2D eigenvalue weighted by atomic mass is 16.5. The van der Waals surface area contributed by atoms with E-state index in [1.807, 2.05) is 0 Å². The van der Waals surface area contributed by atoms with Crippen LogP contribution in [-0.4, -0.2) is 26.1 Å². The molecular weight excluding hydrogens is 270 g/mol. The van der Waals surface area contributed by atoms with Gasteiger partial charge >= 0.3 is 0 Å². The Morgan fingerprint density at radius 2 is 1.71 bits per heavy atom. The lowest BCUT2D eigenvalue weighted by atomic mass is 10.0. The molecule has 0 spiro atoms. The molecule has 5 heteroatoms. The van der Waals surface area contributed by atoms with Crippen molar-refractivity contribution in [3.05, 3.63) is 53.6 Å². The molecule has 2 aromatic carbocycles. The summed E-state index contributed by atoms with van der Waals surface area (Å²) in [6.07, 6.45) is 1.45. The van der Waals surface area contributed by atoms with Crippen LogP contribution in [0.5, 0.6) is 11.5 Å². The van der Waals surface area contributed by atoms with Crippen LogP contribution in [0.1, 0.15) is 15.9 Å². The Morgan fingerprint density at radius 3 is 2.38 bits per heavy atom. The van der Waals surface area contributed by atoms with Gasteiger partial charge in [0.1, 0.15) is 0 Å². The van der Waals surface area contributed by atoms with Gasteiger partial charge in [-0.1, -0.05) is 12.1 Å². The highest BCUT2D eigenvalue weighted by molar-refractivity contribution is 6.09. The number of methoxy groups -OCH3 is 2. The summed E-state index contributed by atoms with van der Waals surface area (Å²) in [6, 6.07) is 11.4. The van der Waals surface area contributed by atoms with Crippen molar-refractivity contribution >= 4 is 17.6 Å². The zero-order valence-electron chi connectivity index (χ0n) is 11.6. The van der Waals surface area contributed by atoms with E-state index in [0.29, 0.717) is 28.3 Å². The van der Waals surface area contributed by atoms with Gasteiger partial charge in [0.05, 0.1) is 19.9 Å². The Bertz CT molecular complexity index is 718. The van der Waals surface area contributed by atoms with E-state index in [0.717, 1.165) is 0 Å². The van der Waals surface area contributed by atoms with E-state index < -0.39 is 0 Å². The van der Waals surface area contributed by atoms with Gasteiger partial charge in [-0.05, 0) is 30.3 Å². The molecule has 0 fully saturated rings. The van der Waals surface area contributed by atoms with Crippen LogP contribution in [0.25, 0.3) is 0 Å². The monoisotopic (exact) mass is 283 g/mol. The summed E-state index contributed by atoms with van der Waals surface area (Å²) in [6.45, 7) is 0. The minimum Gasteiger partial charge on any atom is -0.493 e. The van der Waals surface area contributed by atoms with Gasteiger partial charge in [-0.2, -0.15) is 4.99 Å². The predicted octanol–water partition coefficient (Wildman–Crippen LogP) is 2.90. The van der Waals surface area contributed by atoms with Gasteiger partial charge in [0, 0.05) is 11.1 Å². The van der Waals surface area contributed by atoms with Gasteiger partial charge in [-0.25, -0.2) is 4.79 Å². The Balaban J connectivity index is 2.40. The first kappa shape index (κ1) is 14.5. The molecule has 2 rings (SSSR count). The van der Waals surface area contributed by atoms with Crippen molar-refractivity contribution in [2.24, 2.45) is 4.99 Å². The molecule has 0 atom stereocenters. The van der Waals surface area contributed by atoms with E-state index in [2.05, 4.69) is 4.99 Å². The highest BCUT2D eigenvalue weighted by Gasteiger charge is 2.13. The topological polar surface area (TPSA) is 65.0 Å². The van der Waals surface area contributed by atoms with Gasteiger partial charge in [0.15, 0.2) is 17.3 Å². The van der Waals surface area contributed by atoms with Crippen molar-refractivity contribution in [1.82, 2.24) is 0 Å². The van der Waals surface area contributed by atoms with Gasteiger partial charge < -0.3 is 9.47 Å². The summed E-state index contributed by atoms with van der Waals surface area (Å²) in [5.41, 5.74) is 1.27. The Morgan fingerprint density at radius 1 is 1.00 bits per heavy atom. The fraction of sp³-hybridized carbons (Fsp3) is 0.125.